The molecule has 0 spiro atoms. The van der Waals surface area contributed by atoms with Crippen molar-refractivity contribution in [3.8, 4) is 0 Å². The molecule has 2 aromatic carbocycles. The minimum absolute atomic E-state index is 0.0675. The third-order valence-electron chi connectivity index (χ3n) is 3.00. The van der Waals surface area contributed by atoms with Gasteiger partial charge in [-0.2, -0.15) is 5.10 Å². The summed E-state index contributed by atoms with van der Waals surface area (Å²) in [5.41, 5.74) is 0.776. The van der Waals surface area contributed by atoms with E-state index in [-0.39, 0.29) is 5.91 Å². The summed E-state index contributed by atoms with van der Waals surface area (Å²) in [7, 11) is 0. The second kappa shape index (κ2) is 6.89. The molecule has 3 aromatic rings. The maximum absolute atomic E-state index is 12.0. The number of carbonyl (C=O) groups excluding carboxylic acids is 1. The second-order valence-corrected chi connectivity index (χ2v) is 6.46. The molecule has 0 saturated carbocycles. The zero-order valence-corrected chi connectivity index (χ0v) is 13.9. The summed E-state index contributed by atoms with van der Waals surface area (Å²) < 4.78 is 0.978. The van der Waals surface area contributed by atoms with Gasteiger partial charge in [-0.1, -0.05) is 52.0 Å². The first-order chi connectivity index (χ1) is 10.7. The van der Waals surface area contributed by atoms with Crippen LogP contribution in [0.25, 0.3) is 10.8 Å². The summed E-state index contributed by atoms with van der Waals surface area (Å²) in [4.78, 5) is 12.0. The molecule has 0 saturated heterocycles. The van der Waals surface area contributed by atoms with Crippen molar-refractivity contribution < 1.29 is 4.79 Å². The van der Waals surface area contributed by atoms with E-state index in [1.807, 2.05) is 48.5 Å². The molecule has 0 aliphatic carbocycles. The number of nitrogens with zero attached hydrogens (tertiary/aromatic N) is 2. The lowest BCUT2D eigenvalue weighted by Gasteiger charge is -2.06. The molecule has 0 aliphatic heterocycles. The van der Waals surface area contributed by atoms with Crippen LogP contribution >= 0.6 is 27.7 Å². The average molecular weight is 374 g/mol. The number of hydrogen-bond donors (Lipinski definition) is 1. The predicted octanol–water partition coefficient (Wildman–Crippen LogP) is 4.12. The molecule has 3 rings (SSSR count). The van der Waals surface area contributed by atoms with Crippen molar-refractivity contribution in [1.82, 2.24) is 10.2 Å². The van der Waals surface area contributed by atoms with Gasteiger partial charge in [0.15, 0.2) is 0 Å². The molecule has 1 N–H and O–H groups in total. The quantitative estimate of drug-likeness (QED) is 0.698. The summed E-state index contributed by atoms with van der Waals surface area (Å²) in [5.74, 6) is 0.223. The lowest BCUT2D eigenvalue weighted by molar-refractivity contribution is -0.113. The molecule has 1 heterocycles. The van der Waals surface area contributed by atoms with Gasteiger partial charge in [-0.25, -0.2) is 0 Å². The topological polar surface area (TPSA) is 54.9 Å². The Morgan fingerprint density at radius 1 is 1.14 bits per heavy atom. The van der Waals surface area contributed by atoms with Gasteiger partial charge in [-0.05, 0) is 24.3 Å². The standard InChI is InChI=1S/C16H12BrN3OS/c17-12-5-7-13(8-6-12)19-15(21)10-22-16-14-4-2-1-3-11(14)9-18-20-16/h1-9H,10H2,(H,19,21). The largest absolute Gasteiger partial charge is 0.325 e. The normalized spacial score (nSPS) is 10.6. The summed E-state index contributed by atoms with van der Waals surface area (Å²) in [5, 5.41) is 13.8. The van der Waals surface area contributed by atoms with Crippen LogP contribution in [0.5, 0.6) is 0 Å². The molecular formula is C16H12BrN3OS. The van der Waals surface area contributed by atoms with E-state index in [1.165, 1.54) is 11.8 Å². The fourth-order valence-corrected chi connectivity index (χ4v) is 3.02. The Bertz CT molecular complexity index is 803. The van der Waals surface area contributed by atoms with E-state index in [9.17, 15) is 4.79 Å². The number of thioether (sulfide) groups is 1. The Kier molecular flexibility index (Phi) is 4.70. The number of rotatable bonds is 4. The van der Waals surface area contributed by atoms with Gasteiger partial charge in [-0.15, -0.1) is 5.10 Å². The number of amides is 1. The van der Waals surface area contributed by atoms with Crippen molar-refractivity contribution in [2.75, 3.05) is 11.1 Å². The average Bonchev–Trinajstić information content (AvgIpc) is 2.55. The maximum atomic E-state index is 12.0. The molecule has 0 unspecified atom stereocenters. The fraction of sp³-hybridized carbons (Fsp3) is 0.0625. The van der Waals surface area contributed by atoms with E-state index in [1.54, 1.807) is 6.20 Å². The Morgan fingerprint density at radius 3 is 2.73 bits per heavy atom. The molecule has 0 fully saturated rings. The lowest BCUT2D eigenvalue weighted by Crippen LogP contribution is -2.14. The SMILES string of the molecule is O=C(CSc1nncc2ccccc12)Nc1ccc(Br)cc1. The van der Waals surface area contributed by atoms with Crippen molar-refractivity contribution in [2.45, 2.75) is 5.03 Å². The Hall–Kier alpha value is -1.92. The Labute approximate surface area is 140 Å². The van der Waals surface area contributed by atoms with E-state index in [4.69, 9.17) is 0 Å². The summed E-state index contributed by atoms with van der Waals surface area (Å²) in [6.45, 7) is 0. The predicted molar refractivity (Wildman–Crippen MR) is 93.0 cm³/mol. The van der Waals surface area contributed by atoms with E-state index < -0.39 is 0 Å². The molecule has 1 aromatic heterocycles. The number of anilines is 1. The van der Waals surface area contributed by atoms with Crippen LogP contribution in [-0.2, 0) is 4.79 Å². The van der Waals surface area contributed by atoms with Crippen molar-refractivity contribution in [2.24, 2.45) is 0 Å². The molecule has 0 radical (unpaired) electrons. The molecule has 1 amide bonds. The van der Waals surface area contributed by atoms with Gasteiger partial charge >= 0.3 is 0 Å². The van der Waals surface area contributed by atoms with Crippen molar-refractivity contribution in [1.29, 1.82) is 0 Å². The lowest BCUT2D eigenvalue weighted by atomic mass is 10.2. The van der Waals surface area contributed by atoms with Gasteiger partial charge in [0.25, 0.3) is 0 Å². The first-order valence-corrected chi connectivity index (χ1v) is 8.39. The minimum atomic E-state index is -0.0675. The van der Waals surface area contributed by atoms with Gasteiger partial charge in [0, 0.05) is 20.9 Å². The van der Waals surface area contributed by atoms with Gasteiger partial charge in [0.1, 0.15) is 5.03 Å². The van der Waals surface area contributed by atoms with E-state index in [0.29, 0.717) is 5.75 Å². The fourth-order valence-electron chi connectivity index (χ4n) is 1.97. The highest BCUT2D eigenvalue weighted by Gasteiger charge is 2.08. The van der Waals surface area contributed by atoms with Crippen LogP contribution in [0.15, 0.2) is 64.2 Å². The molecule has 0 atom stereocenters. The van der Waals surface area contributed by atoms with Crippen LogP contribution in [0.4, 0.5) is 5.69 Å². The number of fused-ring (bicyclic) bond motifs is 1. The molecule has 6 heteroatoms. The van der Waals surface area contributed by atoms with Gasteiger partial charge in [-0.3, -0.25) is 4.79 Å². The number of halogens is 1. The van der Waals surface area contributed by atoms with E-state index in [2.05, 4.69) is 31.4 Å². The molecule has 22 heavy (non-hydrogen) atoms. The highest BCUT2D eigenvalue weighted by atomic mass is 79.9. The summed E-state index contributed by atoms with van der Waals surface area (Å²) in [6, 6.07) is 15.4. The van der Waals surface area contributed by atoms with Crippen LogP contribution < -0.4 is 5.32 Å². The first kappa shape index (κ1) is 15.0. The minimum Gasteiger partial charge on any atom is -0.325 e. The van der Waals surface area contributed by atoms with Crippen molar-refractivity contribution in [3.05, 3.63) is 59.2 Å². The van der Waals surface area contributed by atoms with Crippen LogP contribution in [0.3, 0.4) is 0 Å². The van der Waals surface area contributed by atoms with Crippen LogP contribution in [0, 0.1) is 0 Å². The van der Waals surface area contributed by atoms with Crippen LogP contribution in [0.2, 0.25) is 0 Å². The van der Waals surface area contributed by atoms with Crippen LogP contribution in [0.1, 0.15) is 0 Å². The van der Waals surface area contributed by atoms with Crippen molar-refractivity contribution >= 4 is 50.1 Å². The zero-order valence-electron chi connectivity index (χ0n) is 11.5. The smallest absolute Gasteiger partial charge is 0.234 e. The third-order valence-corrected chi connectivity index (χ3v) is 4.51. The van der Waals surface area contributed by atoms with Gasteiger partial charge in [0.05, 0.1) is 11.9 Å². The summed E-state index contributed by atoms with van der Waals surface area (Å²) in [6.07, 6.45) is 1.72. The number of hydrogen-bond acceptors (Lipinski definition) is 4. The van der Waals surface area contributed by atoms with Gasteiger partial charge in [0.2, 0.25) is 5.91 Å². The maximum Gasteiger partial charge on any atom is 0.234 e. The molecule has 110 valence electrons. The Balaban J connectivity index is 1.66. The van der Waals surface area contributed by atoms with Crippen LogP contribution in [-0.4, -0.2) is 21.9 Å². The summed E-state index contributed by atoms with van der Waals surface area (Å²) >= 11 is 4.75. The number of nitrogens with one attached hydrogen (secondary N) is 1. The molecule has 4 nitrogen and oxygen atoms in total. The number of aromatic nitrogens is 2. The molecule has 0 aliphatic rings. The number of carbonyl (C=O) groups is 1. The zero-order chi connectivity index (χ0) is 15.4. The Morgan fingerprint density at radius 2 is 1.91 bits per heavy atom. The van der Waals surface area contributed by atoms with E-state index >= 15 is 0 Å². The van der Waals surface area contributed by atoms with E-state index in [0.717, 1.165) is 26.0 Å². The number of benzene rings is 2. The van der Waals surface area contributed by atoms with Crippen molar-refractivity contribution in [3.63, 3.8) is 0 Å². The van der Waals surface area contributed by atoms with Gasteiger partial charge < -0.3 is 5.32 Å². The first-order valence-electron chi connectivity index (χ1n) is 6.61. The second-order valence-electron chi connectivity index (χ2n) is 4.58. The monoisotopic (exact) mass is 373 g/mol. The highest BCUT2D eigenvalue weighted by Crippen LogP contribution is 2.24. The molecule has 0 bridgehead atoms. The highest BCUT2D eigenvalue weighted by molar-refractivity contribution is 9.10. The molecular weight excluding hydrogens is 362 g/mol. The third kappa shape index (κ3) is 3.64.